The zero-order valence-corrected chi connectivity index (χ0v) is 12.2. The number of hydrogen-bond acceptors (Lipinski definition) is 3. The summed E-state index contributed by atoms with van der Waals surface area (Å²) in [6, 6.07) is 8.29. The Balaban J connectivity index is 2.75. The van der Waals surface area contributed by atoms with Crippen LogP contribution in [0.1, 0.15) is 27.2 Å². The van der Waals surface area contributed by atoms with Gasteiger partial charge in [-0.05, 0) is 17.2 Å². The highest BCUT2D eigenvalue weighted by molar-refractivity contribution is 7.87. The van der Waals surface area contributed by atoms with Gasteiger partial charge in [-0.15, -0.1) is 0 Å². The zero-order chi connectivity index (χ0) is 12.2. The molecule has 0 unspecified atom stereocenters. The molecule has 1 aromatic carbocycles. The molecule has 1 rings (SSSR count). The van der Waals surface area contributed by atoms with Gasteiger partial charge in [-0.1, -0.05) is 45.4 Å². The van der Waals surface area contributed by atoms with Gasteiger partial charge in [0, 0.05) is 0 Å². The Morgan fingerprint density at radius 3 is 2.31 bits per heavy atom. The van der Waals surface area contributed by atoms with Crippen LogP contribution in [-0.4, -0.2) is 18.2 Å². The van der Waals surface area contributed by atoms with Gasteiger partial charge in [0.1, 0.15) is 0 Å². The van der Waals surface area contributed by atoms with E-state index in [1.165, 1.54) is 0 Å². The summed E-state index contributed by atoms with van der Waals surface area (Å²) >= 11 is 0. The summed E-state index contributed by atoms with van der Waals surface area (Å²) in [4.78, 5) is 0.245. The second-order valence-electron chi connectivity index (χ2n) is 4.55. The number of benzene rings is 1. The Labute approximate surface area is 99.9 Å². The van der Waals surface area contributed by atoms with Crippen molar-refractivity contribution in [2.24, 2.45) is 0 Å². The van der Waals surface area contributed by atoms with Crippen molar-refractivity contribution in [3.63, 3.8) is 0 Å². The quantitative estimate of drug-likeness (QED) is 0.760. The lowest BCUT2D eigenvalue weighted by molar-refractivity contribution is 0.474. The monoisotopic (exact) mass is 258 g/mol. The molecule has 5 heteroatoms. The Hall–Kier alpha value is -0.653. The fourth-order valence-corrected chi connectivity index (χ4v) is 4.13. The van der Waals surface area contributed by atoms with Gasteiger partial charge < -0.3 is 3.87 Å². The van der Waals surface area contributed by atoms with E-state index in [9.17, 15) is 8.42 Å². The molecule has 0 aliphatic heterocycles. The summed E-state index contributed by atoms with van der Waals surface area (Å²) in [5, 5.41) is 0.0157. The minimum Gasteiger partial charge on any atom is -0.319 e. The van der Waals surface area contributed by atoms with E-state index >= 15 is 0 Å². The number of rotatable bonds is 5. The molecule has 0 radical (unpaired) electrons. The molecule has 0 bridgehead atoms. The maximum Gasteiger partial charge on any atom is 0.286 e. The van der Waals surface area contributed by atoms with Crippen molar-refractivity contribution in [1.29, 1.82) is 0 Å². The molecule has 0 saturated heterocycles. The summed E-state index contributed by atoms with van der Waals surface area (Å²) in [6.45, 7) is 6.13. The molecule has 0 aliphatic rings. The second-order valence-corrected chi connectivity index (χ2v) is 9.07. The highest BCUT2D eigenvalue weighted by atomic mass is 32.2. The molecular formula is C11H18O3SSi. The minimum absolute atomic E-state index is 0.0157. The smallest absolute Gasteiger partial charge is 0.286 e. The van der Waals surface area contributed by atoms with Gasteiger partial charge in [-0.3, -0.25) is 0 Å². The molecule has 0 atom stereocenters. The largest absolute Gasteiger partial charge is 0.319 e. The minimum atomic E-state index is -3.54. The van der Waals surface area contributed by atoms with Crippen LogP contribution < -0.4 is 0 Å². The van der Waals surface area contributed by atoms with Crippen molar-refractivity contribution in [2.75, 3.05) is 0 Å². The molecule has 0 fully saturated rings. The summed E-state index contributed by atoms with van der Waals surface area (Å²) in [7, 11) is -4.64. The third-order valence-electron chi connectivity index (χ3n) is 2.59. The first-order valence-corrected chi connectivity index (χ1v) is 8.01. The van der Waals surface area contributed by atoms with E-state index in [1.807, 2.05) is 20.8 Å². The summed E-state index contributed by atoms with van der Waals surface area (Å²) in [6.07, 6.45) is 0.934. The summed E-state index contributed by atoms with van der Waals surface area (Å²) in [5.41, 5.74) is 0. The maximum absolute atomic E-state index is 11.8. The molecule has 90 valence electrons. The van der Waals surface area contributed by atoms with Crippen LogP contribution in [0, 0.1) is 0 Å². The second kappa shape index (κ2) is 5.12. The Morgan fingerprint density at radius 2 is 1.81 bits per heavy atom. The van der Waals surface area contributed by atoms with Crippen LogP contribution in [0.5, 0.6) is 0 Å². The van der Waals surface area contributed by atoms with Gasteiger partial charge >= 0.3 is 0 Å². The Bertz CT molecular complexity index is 426. The normalized spacial score (nSPS) is 13.4. The predicted molar refractivity (Wildman–Crippen MR) is 67.6 cm³/mol. The molecule has 0 amide bonds. The van der Waals surface area contributed by atoms with E-state index in [4.69, 9.17) is 3.87 Å². The van der Waals surface area contributed by atoms with E-state index in [1.54, 1.807) is 30.3 Å². The SMILES string of the molecule is CCC(C)(C)[SiH2]OS(=O)(=O)c1ccccc1. The fourth-order valence-electron chi connectivity index (χ4n) is 0.994. The van der Waals surface area contributed by atoms with Gasteiger partial charge in [0.2, 0.25) is 0 Å². The fraction of sp³-hybridized carbons (Fsp3) is 0.455. The van der Waals surface area contributed by atoms with Crippen molar-refractivity contribution < 1.29 is 12.3 Å². The van der Waals surface area contributed by atoms with Gasteiger partial charge in [0.05, 0.1) is 4.90 Å². The molecule has 1 aromatic rings. The van der Waals surface area contributed by atoms with Gasteiger partial charge in [0.25, 0.3) is 10.1 Å². The molecule has 16 heavy (non-hydrogen) atoms. The molecule has 0 aromatic heterocycles. The Morgan fingerprint density at radius 1 is 1.25 bits per heavy atom. The lowest BCUT2D eigenvalue weighted by Gasteiger charge is -2.20. The summed E-state index contributed by atoms with van der Waals surface area (Å²) in [5.74, 6) is 0. The highest BCUT2D eigenvalue weighted by Gasteiger charge is 2.22. The van der Waals surface area contributed by atoms with Crippen LogP contribution in [0.15, 0.2) is 35.2 Å². The van der Waals surface area contributed by atoms with Crippen LogP contribution in [0.3, 0.4) is 0 Å². The number of hydrogen-bond donors (Lipinski definition) is 0. The van der Waals surface area contributed by atoms with Crippen LogP contribution >= 0.6 is 0 Å². The Kier molecular flexibility index (Phi) is 4.29. The van der Waals surface area contributed by atoms with E-state index in [-0.39, 0.29) is 9.93 Å². The third-order valence-corrected chi connectivity index (χ3v) is 6.44. The third kappa shape index (κ3) is 3.73. The molecular weight excluding hydrogens is 240 g/mol. The van der Waals surface area contributed by atoms with Crippen molar-refractivity contribution in [3.8, 4) is 0 Å². The van der Waals surface area contributed by atoms with Crippen LogP contribution in [0.2, 0.25) is 5.04 Å². The average molecular weight is 258 g/mol. The highest BCUT2D eigenvalue weighted by Crippen LogP contribution is 2.28. The van der Waals surface area contributed by atoms with Gasteiger partial charge in [0.15, 0.2) is 9.76 Å². The van der Waals surface area contributed by atoms with Gasteiger partial charge in [-0.2, -0.15) is 8.42 Å². The molecule has 0 aliphatic carbocycles. The van der Waals surface area contributed by atoms with Crippen molar-refractivity contribution in [1.82, 2.24) is 0 Å². The van der Waals surface area contributed by atoms with Crippen LogP contribution in [0.25, 0.3) is 0 Å². The van der Waals surface area contributed by atoms with Crippen LogP contribution in [-0.2, 0) is 14.0 Å². The van der Waals surface area contributed by atoms with E-state index in [0.717, 1.165) is 6.42 Å². The van der Waals surface area contributed by atoms with E-state index in [2.05, 4.69) is 0 Å². The van der Waals surface area contributed by atoms with E-state index < -0.39 is 19.9 Å². The first-order valence-electron chi connectivity index (χ1n) is 5.32. The topological polar surface area (TPSA) is 43.4 Å². The molecule has 0 N–H and O–H groups in total. The average Bonchev–Trinajstić information content (AvgIpc) is 2.28. The molecule has 0 heterocycles. The van der Waals surface area contributed by atoms with Crippen molar-refractivity contribution >= 4 is 19.9 Å². The maximum atomic E-state index is 11.8. The lowest BCUT2D eigenvalue weighted by Crippen LogP contribution is -2.19. The van der Waals surface area contributed by atoms with Gasteiger partial charge in [-0.25, -0.2) is 0 Å². The zero-order valence-electron chi connectivity index (χ0n) is 9.93. The molecule has 3 nitrogen and oxygen atoms in total. The van der Waals surface area contributed by atoms with Crippen molar-refractivity contribution in [2.45, 2.75) is 37.1 Å². The lowest BCUT2D eigenvalue weighted by atomic mass is 10.1. The molecule has 0 spiro atoms. The summed E-state index contributed by atoms with van der Waals surface area (Å²) < 4.78 is 28.8. The first-order chi connectivity index (χ1) is 7.37. The molecule has 0 saturated carbocycles. The predicted octanol–water partition coefficient (Wildman–Crippen LogP) is 2.08. The van der Waals surface area contributed by atoms with Crippen molar-refractivity contribution in [3.05, 3.63) is 30.3 Å². The first kappa shape index (κ1) is 13.4. The van der Waals surface area contributed by atoms with Crippen LogP contribution in [0.4, 0.5) is 0 Å². The van der Waals surface area contributed by atoms with E-state index in [0.29, 0.717) is 0 Å². The standard InChI is InChI=1S/C11H18O3SSi/c1-4-11(2,3)16-14-15(12,13)10-8-6-5-7-9-10/h5-9H,4,16H2,1-3H3.